The van der Waals surface area contributed by atoms with Crippen LogP contribution in [0.25, 0.3) is 0 Å². The average Bonchev–Trinajstić information content (AvgIpc) is 2.64. The average molecular weight is 222 g/mol. The molecule has 1 aromatic rings. The fraction of sp³-hybridized carbons (Fsp3) is 0.444. The lowest BCUT2D eigenvalue weighted by molar-refractivity contribution is -0.117. The number of nitrogens with two attached hydrogens (primary N) is 3. The van der Waals surface area contributed by atoms with E-state index in [9.17, 15) is 4.79 Å². The van der Waals surface area contributed by atoms with E-state index in [2.05, 4.69) is 9.97 Å². The van der Waals surface area contributed by atoms with Crippen LogP contribution in [0.2, 0.25) is 0 Å². The van der Waals surface area contributed by atoms with Crippen molar-refractivity contribution < 1.29 is 4.79 Å². The molecule has 1 fully saturated rings. The maximum atomic E-state index is 11.7. The number of nitrogens with zero attached hydrogens (tertiary/aromatic N) is 3. The molecule has 1 atom stereocenters. The van der Waals surface area contributed by atoms with Gasteiger partial charge in [0.1, 0.15) is 12.0 Å². The lowest BCUT2D eigenvalue weighted by Gasteiger charge is -2.17. The van der Waals surface area contributed by atoms with Crippen LogP contribution in [0.15, 0.2) is 6.33 Å². The smallest absolute Gasteiger partial charge is 0.228 e. The van der Waals surface area contributed by atoms with Crippen LogP contribution in [0, 0.1) is 5.92 Å². The zero-order valence-corrected chi connectivity index (χ0v) is 8.76. The van der Waals surface area contributed by atoms with Crippen LogP contribution in [-0.4, -0.2) is 29.0 Å². The van der Waals surface area contributed by atoms with E-state index in [1.165, 1.54) is 11.2 Å². The number of carbonyl (C=O) groups is 1. The lowest BCUT2D eigenvalue weighted by atomic mass is 10.1. The molecule has 1 unspecified atom stereocenters. The number of nitrogen functional groups attached to an aromatic ring is 2. The van der Waals surface area contributed by atoms with Gasteiger partial charge in [-0.2, -0.15) is 0 Å². The van der Waals surface area contributed by atoms with Crippen molar-refractivity contribution in [3.8, 4) is 0 Å². The van der Waals surface area contributed by atoms with Crippen LogP contribution in [0.4, 0.5) is 17.3 Å². The molecule has 7 heteroatoms. The van der Waals surface area contributed by atoms with Crippen molar-refractivity contribution in [2.24, 2.45) is 11.7 Å². The molecule has 1 aliphatic rings. The van der Waals surface area contributed by atoms with E-state index in [4.69, 9.17) is 17.2 Å². The highest BCUT2D eigenvalue weighted by Gasteiger charge is 2.31. The Bertz CT molecular complexity index is 420. The fourth-order valence-electron chi connectivity index (χ4n) is 1.76. The summed E-state index contributed by atoms with van der Waals surface area (Å²) in [5.74, 6) is 0.700. The molecule has 2 heterocycles. The molecule has 1 aromatic heterocycles. The highest BCUT2D eigenvalue weighted by Crippen LogP contribution is 2.29. The molecule has 86 valence electrons. The van der Waals surface area contributed by atoms with Crippen molar-refractivity contribution in [1.29, 1.82) is 0 Å². The van der Waals surface area contributed by atoms with Gasteiger partial charge in [-0.1, -0.05) is 0 Å². The molecular weight excluding hydrogens is 208 g/mol. The van der Waals surface area contributed by atoms with Gasteiger partial charge in [-0.3, -0.25) is 9.69 Å². The van der Waals surface area contributed by atoms with E-state index in [0.717, 1.165) is 0 Å². The Labute approximate surface area is 92.6 Å². The van der Waals surface area contributed by atoms with Gasteiger partial charge in [0, 0.05) is 13.0 Å². The van der Waals surface area contributed by atoms with Crippen molar-refractivity contribution >= 4 is 23.2 Å². The highest BCUT2D eigenvalue weighted by molar-refractivity contribution is 5.98. The summed E-state index contributed by atoms with van der Waals surface area (Å²) in [6, 6.07) is 0. The third kappa shape index (κ3) is 1.65. The number of amides is 1. The molecule has 0 spiro atoms. The van der Waals surface area contributed by atoms with Gasteiger partial charge in [0.05, 0.1) is 0 Å². The minimum atomic E-state index is -0.0275. The first-order valence-electron chi connectivity index (χ1n) is 5.00. The maximum Gasteiger partial charge on any atom is 0.228 e. The first-order valence-corrected chi connectivity index (χ1v) is 5.00. The topological polar surface area (TPSA) is 124 Å². The van der Waals surface area contributed by atoms with Crippen LogP contribution in [0.5, 0.6) is 0 Å². The predicted octanol–water partition coefficient (Wildman–Crippen LogP) is -1.05. The molecule has 1 aliphatic heterocycles. The zero-order valence-electron chi connectivity index (χ0n) is 8.76. The molecule has 2 rings (SSSR count). The van der Waals surface area contributed by atoms with Crippen molar-refractivity contribution in [3.63, 3.8) is 0 Å². The van der Waals surface area contributed by atoms with Gasteiger partial charge < -0.3 is 17.2 Å². The van der Waals surface area contributed by atoms with Crippen LogP contribution in [-0.2, 0) is 4.79 Å². The number of anilines is 3. The maximum absolute atomic E-state index is 11.7. The van der Waals surface area contributed by atoms with Crippen LogP contribution in [0.1, 0.15) is 6.42 Å². The van der Waals surface area contributed by atoms with E-state index in [-0.39, 0.29) is 23.3 Å². The lowest BCUT2D eigenvalue weighted by Crippen LogP contribution is -2.28. The fourth-order valence-corrected chi connectivity index (χ4v) is 1.76. The number of hydrogen-bond donors (Lipinski definition) is 3. The number of hydrogen-bond acceptors (Lipinski definition) is 6. The second-order valence-corrected chi connectivity index (χ2v) is 3.81. The predicted molar refractivity (Wildman–Crippen MR) is 60.4 cm³/mol. The normalized spacial score (nSPS) is 20.4. The van der Waals surface area contributed by atoms with Gasteiger partial charge in [0.2, 0.25) is 5.91 Å². The van der Waals surface area contributed by atoms with Crippen molar-refractivity contribution in [2.75, 3.05) is 29.5 Å². The first-order chi connectivity index (χ1) is 7.63. The number of aromatic nitrogens is 2. The summed E-state index contributed by atoms with van der Waals surface area (Å²) in [5.41, 5.74) is 17.1. The SMILES string of the molecule is NCC1CC(=O)N(c2ncnc(N)c2N)C1. The van der Waals surface area contributed by atoms with Gasteiger partial charge in [-0.25, -0.2) is 9.97 Å². The summed E-state index contributed by atoms with van der Waals surface area (Å²) in [7, 11) is 0. The summed E-state index contributed by atoms with van der Waals surface area (Å²) < 4.78 is 0. The molecule has 1 amide bonds. The van der Waals surface area contributed by atoms with Gasteiger partial charge >= 0.3 is 0 Å². The largest absolute Gasteiger partial charge is 0.393 e. The van der Waals surface area contributed by atoms with E-state index in [1.54, 1.807) is 0 Å². The number of carbonyl (C=O) groups excluding carboxylic acids is 1. The van der Waals surface area contributed by atoms with Crippen LogP contribution in [0.3, 0.4) is 0 Å². The molecule has 6 N–H and O–H groups in total. The highest BCUT2D eigenvalue weighted by atomic mass is 16.2. The minimum absolute atomic E-state index is 0.0275. The van der Waals surface area contributed by atoms with Crippen LogP contribution < -0.4 is 22.1 Å². The Hall–Kier alpha value is -1.89. The molecular formula is C9H14N6O. The summed E-state index contributed by atoms with van der Waals surface area (Å²) in [6.07, 6.45) is 1.73. The Morgan fingerprint density at radius 3 is 2.81 bits per heavy atom. The van der Waals surface area contributed by atoms with Gasteiger partial charge in [0.15, 0.2) is 11.6 Å². The second-order valence-electron chi connectivity index (χ2n) is 3.81. The van der Waals surface area contributed by atoms with Gasteiger partial charge in [-0.05, 0) is 12.5 Å². The van der Waals surface area contributed by atoms with E-state index >= 15 is 0 Å². The molecule has 0 saturated carbocycles. The monoisotopic (exact) mass is 222 g/mol. The molecule has 0 aliphatic carbocycles. The minimum Gasteiger partial charge on any atom is -0.393 e. The van der Waals surface area contributed by atoms with Crippen molar-refractivity contribution in [3.05, 3.63) is 6.33 Å². The molecule has 16 heavy (non-hydrogen) atoms. The third-order valence-corrected chi connectivity index (χ3v) is 2.69. The van der Waals surface area contributed by atoms with Gasteiger partial charge in [0.25, 0.3) is 0 Å². The molecule has 0 aromatic carbocycles. The summed E-state index contributed by atoms with van der Waals surface area (Å²) in [5, 5.41) is 0. The van der Waals surface area contributed by atoms with E-state index < -0.39 is 0 Å². The zero-order chi connectivity index (χ0) is 11.7. The summed E-state index contributed by atoms with van der Waals surface area (Å²) >= 11 is 0. The van der Waals surface area contributed by atoms with Crippen molar-refractivity contribution in [2.45, 2.75) is 6.42 Å². The second kappa shape index (κ2) is 3.93. The number of rotatable bonds is 2. The summed E-state index contributed by atoms with van der Waals surface area (Å²) in [6.45, 7) is 1.01. The Morgan fingerprint density at radius 1 is 1.44 bits per heavy atom. The standard InChI is InChI=1S/C9H14N6O/c10-2-5-1-6(16)15(3-5)9-7(11)8(12)13-4-14-9/h4-5H,1-3,10-11H2,(H2,12,13,14). The Balaban J connectivity index is 2.31. The molecule has 7 nitrogen and oxygen atoms in total. The van der Waals surface area contributed by atoms with Crippen LogP contribution >= 0.6 is 0 Å². The Morgan fingerprint density at radius 2 is 2.19 bits per heavy atom. The first kappa shape index (κ1) is 10.6. The molecule has 0 radical (unpaired) electrons. The Kier molecular flexibility index (Phi) is 2.61. The third-order valence-electron chi connectivity index (χ3n) is 2.69. The van der Waals surface area contributed by atoms with Gasteiger partial charge in [-0.15, -0.1) is 0 Å². The molecule has 1 saturated heterocycles. The molecule has 0 bridgehead atoms. The summed E-state index contributed by atoms with van der Waals surface area (Å²) in [4.78, 5) is 21.0. The van der Waals surface area contributed by atoms with E-state index in [0.29, 0.717) is 25.3 Å². The quantitative estimate of drug-likeness (QED) is 0.586. The van der Waals surface area contributed by atoms with E-state index in [1.807, 2.05) is 0 Å². The van der Waals surface area contributed by atoms with Crippen molar-refractivity contribution in [1.82, 2.24) is 9.97 Å².